The van der Waals surface area contributed by atoms with E-state index in [0.717, 1.165) is 57.7 Å². The molecule has 0 atom stereocenters. The fraction of sp³-hybridized carbons (Fsp3) is 0.480. The lowest BCUT2D eigenvalue weighted by Gasteiger charge is -2.28. The zero-order chi connectivity index (χ0) is 20.6. The molecule has 0 saturated carbocycles. The first-order chi connectivity index (χ1) is 14.1. The highest BCUT2D eigenvalue weighted by Gasteiger charge is 2.15. The van der Waals surface area contributed by atoms with Crippen molar-refractivity contribution in [3.8, 4) is 0 Å². The molecule has 0 unspecified atom stereocenters. The fourth-order valence-corrected chi connectivity index (χ4v) is 4.01. The molecule has 0 radical (unpaired) electrons. The predicted molar refractivity (Wildman–Crippen MR) is 120 cm³/mol. The molecule has 1 aliphatic rings. The molecule has 156 valence electrons. The standard InChI is InChI=1S/C25H35N3O/c1-4-28(20(2)3)18-21-10-12-23(13-11-21)25(29)26-15-7-16-27-17-14-22-8-5-6-9-24(22)19-27/h5-6,8-13,20H,4,7,14-19H2,1-3H3,(H,26,29). The summed E-state index contributed by atoms with van der Waals surface area (Å²) < 4.78 is 0. The van der Waals surface area contributed by atoms with Gasteiger partial charge in [0.15, 0.2) is 0 Å². The third kappa shape index (κ3) is 6.15. The maximum absolute atomic E-state index is 12.4. The Labute approximate surface area is 175 Å². The molecule has 0 saturated heterocycles. The first-order valence-corrected chi connectivity index (χ1v) is 11.0. The van der Waals surface area contributed by atoms with E-state index < -0.39 is 0 Å². The van der Waals surface area contributed by atoms with Gasteiger partial charge < -0.3 is 5.32 Å². The number of hydrogen-bond acceptors (Lipinski definition) is 3. The lowest BCUT2D eigenvalue weighted by molar-refractivity contribution is 0.0951. The molecule has 0 spiro atoms. The number of nitrogens with zero attached hydrogens (tertiary/aromatic N) is 2. The molecule has 3 rings (SSSR count). The molecular formula is C25H35N3O. The highest BCUT2D eigenvalue weighted by Crippen LogP contribution is 2.18. The third-order valence-corrected chi connectivity index (χ3v) is 5.88. The van der Waals surface area contributed by atoms with Crippen molar-refractivity contribution in [3.05, 3.63) is 70.8 Å². The molecule has 0 fully saturated rings. The minimum Gasteiger partial charge on any atom is -0.352 e. The maximum atomic E-state index is 12.4. The number of nitrogens with one attached hydrogen (secondary N) is 1. The highest BCUT2D eigenvalue weighted by molar-refractivity contribution is 5.94. The summed E-state index contributed by atoms with van der Waals surface area (Å²) >= 11 is 0. The summed E-state index contributed by atoms with van der Waals surface area (Å²) in [4.78, 5) is 17.3. The Bertz CT molecular complexity index is 785. The van der Waals surface area contributed by atoms with E-state index in [0.29, 0.717) is 6.04 Å². The number of amides is 1. The second-order valence-corrected chi connectivity index (χ2v) is 8.26. The lowest BCUT2D eigenvalue weighted by atomic mass is 10.00. The Morgan fingerprint density at radius 1 is 1.10 bits per heavy atom. The lowest BCUT2D eigenvalue weighted by Crippen LogP contribution is -2.33. The van der Waals surface area contributed by atoms with Crippen LogP contribution in [0.15, 0.2) is 48.5 Å². The van der Waals surface area contributed by atoms with Crippen LogP contribution >= 0.6 is 0 Å². The minimum atomic E-state index is 0.0248. The molecule has 2 aromatic carbocycles. The Morgan fingerprint density at radius 2 is 1.83 bits per heavy atom. The van der Waals surface area contributed by atoms with Gasteiger partial charge in [0.1, 0.15) is 0 Å². The van der Waals surface area contributed by atoms with Gasteiger partial charge in [-0.15, -0.1) is 0 Å². The quantitative estimate of drug-likeness (QED) is 0.652. The van der Waals surface area contributed by atoms with Crippen LogP contribution in [0.4, 0.5) is 0 Å². The molecule has 0 bridgehead atoms. The summed E-state index contributed by atoms with van der Waals surface area (Å²) in [6.45, 7) is 12.4. The minimum absolute atomic E-state index is 0.0248. The van der Waals surface area contributed by atoms with Gasteiger partial charge in [0.05, 0.1) is 0 Å². The van der Waals surface area contributed by atoms with Crippen LogP contribution in [0.25, 0.3) is 0 Å². The van der Waals surface area contributed by atoms with Crippen molar-refractivity contribution >= 4 is 5.91 Å². The predicted octanol–water partition coefficient (Wildman–Crippen LogP) is 4.10. The second kappa shape index (κ2) is 10.6. The van der Waals surface area contributed by atoms with Crippen molar-refractivity contribution < 1.29 is 4.79 Å². The molecule has 0 aromatic heterocycles. The first-order valence-electron chi connectivity index (χ1n) is 11.0. The average Bonchev–Trinajstić information content (AvgIpc) is 2.75. The summed E-state index contributed by atoms with van der Waals surface area (Å²) in [5, 5.41) is 3.07. The molecule has 4 nitrogen and oxygen atoms in total. The number of carbonyl (C=O) groups is 1. The van der Waals surface area contributed by atoms with Crippen molar-refractivity contribution in [2.24, 2.45) is 0 Å². The largest absolute Gasteiger partial charge is 0.352 e. The van der Waals surface area contributed by atoms with E-state index in [4.69, 9.17) is 0 Å². The average molecular weight is 394 g/mol. The molecule has 1 aliphatic heterocycles. The van der Waals surface area contributed by atoms with E-state index in [1.54, 1.807) is 0 Å². The van der Waals surface area contributed by atoms with Gasteiger partial charge in [-0.05, 0) is 62.1 Å². The Morgan fingerprint density at radius 3 is 2.52 bits per heavy atom. The van der Waals surface area contributed by atoms with E-state index in [-0.39, 0.29) is 5.91 Å². The molecular weight excluding hydrogens is 358 g/mol. The van der Waals surface area contributed by atoms with Crippen molar-refractivity contribution in [2.45, 2.75) is 52.7 Å². The smallest absolute Gasteiger partial charge is 0.251 e. The monoisotopic (exact) mass is 393 g/mol. The van der Waals surface area contributed by atoms with Crippen LogP contribution in [0.2, 0.25) is 0 Å². The fourth-order valence-electron chi connectivity index (χ4n) is 4.01. The van der Waals surface area contributed by atoms with Gasteiger partial charge >= 0.3 is 0 Å². The van der Waals surface area contributed by atoms with E-state index in [2.05, 4.69) is 72.3 Å². The number of fused-ring (bicyclic) bond motifs is 1. The van der Waals surface area contributed by atoms with E-state index in [9.17, 15) is 4.79 Å². The zero-order valence-corrected chi connectivity index (χ0v) is 18.2. The summed E-state index contributed by atoms with van der Waals surface area (Å²) in [7, 11) is 0. The van der Waals surface area contributed by atoms with Gasteiger partial charge in [-0.25, -0.2) is 0 Å². The van der Waals surface area contributed by atoms with Crippen molar-refractivity contribution in [2.75, 3.05) is 26.2 Å². The summed E-state index contributed by atoms with van der Waals surface area (Å²) in [5.74, 6) is 0.0248. The summed E-state index contributed by atoms with van der Waals surface area (Å²) in [6, 6.07) is 17.3. The number of hydrogen-bond donors (Lipinski definition) is 1. The Hall–Kier alpha value is -2.17. The number of carbonyl (C=O) groups excluding carboxylic acids is 1. The van der Waals surface area contributed by atoms with Crippen LogP contribution in [0.5, 0.6) is 0 Å². The molecule has 29 heavy (non-hydrogen) atoms. The molecule has 2 aromatic rings. The maximum Gasteiger partial charge on any atom is 0.251 e. The zero-order valence-electron chi connectivity index (χ0n) is 18.2. The molecule has 1 N–H and O–H groups in total. The van der Waals surface area contributed by atoms with Crippen LogP contribution < -0.4 is 5.32 Å². The van der Waals surface area contributed by atoms with Gasteiger partial charge in [-0.1, -0.05) is 43.3 Å². The Kier molecular flexibility index (Phi) is 7.84. The van der Waals surface area contributed by atoms with Gasteiger partial charge in [0, 0.05) is 44.3 Å². The van der Waals surface area contributed by atoms with E-state index in [1.807, 2.05) is 12.1 Å². The normalized spacial score (nSPS) is 14.2. The molecule has 1 heterocycles. The second-order valence-electron chi connectivity index (χ2n) is 8.26. The van der Waals surface area contributed by atoms with Gasteiger partial charge in [-0.3, -0.25) is 14.6 Å². The van der Waals surface area contributed by atoms with Crippen LogP contribution in [-0.2, 0) is 19.5 Å². The summed E-state index contributed by atoms with van der Waals surface area (Å²) in [6.07, 6.45) is 2.10. The molecule has 1 amide bonds. The number of rotatable bonds is 9. The topological polar surface area (TPSA) is 35.6 Å². The van der Waals surface area contributed by atoms with Crippen molar-refractivity contribution in [1.29, 1.82) is 0 Å². The summed E-state index contributed by atoms with van der Waals surface area (Å²) in [5.41, 5.74) is 4.92. The van der Waals surface area contributed by atoms with Crippen LogP contribution in [0, 0.1) is 0 Å². The highest BCUT2D eigenvalue weighted by atomic mass is 16.1. The SMILES string of the molecule is CCN(Cc1ccc(C(=O)NCCCN2CCc3ccccc3C2)cc1)C(C)C. The molecule has 0 aliphatic carbocycles. The van der Waals surface area contributed by atoms with Crippen LogP contribution in [0.1, 0.15) is 54.2 Å². The van der Waals surface area contributed by atoms with Crippen LogP contribution in [-0.4, -0.2) is 47.9 Å². The Balaban J connectivity index is 1.39. The molecule has 4 heteroatoms. The number of benzene rings is 2. The van der Waals surface area contributed by atoms with E-state index in [1.165, 1.54) is 16.7 Å². The van der Waals surface area contributed by atoms with Crippen molar-refractivity contribution in [1.82, 2.24) is 15.1 Å². The van der Waals surface area contributed by atoms with Gasteiger partial charge in [-0.2, -0.15) is 0 Å². The first kappa shape index (κ1) is 21.5. The van der Waals surface area contributed by atoms with E-state index >= 15 is 0 Å². The van der Waals surface area contributed by atoms with Crippen molar-refractivity contribution in [3.63, 3.8) is 0 Å². The van der Waals surface area contributed by atoms with Gasteiger partial charge in [0.2, 0.25) is 0 Å². The van der Waals surface area contributed by atoms with Crippen LogP contribution in [0.3, 0.4) is 0 Å². The van der Waals surface area contributed by atoms with Gasteiger partial charge in [0.25, 0.3) is 5.91 Å². The third-order valence-electron chi connectivity index (χ3n) is 5.88.